The number of ketones is 1. The highest BCUT2D eigenvalue weighted by Crippen LogP contribution is 2.27. The number of nitrogens with zero attached hydrogens (tertiary/aromatic N) is 1. The minimum Gasteiger partial charge on any atom is -0.493 e. The van der Waals surface area contributed by atoms with Crippen LogP contribution in [0.1, 0.15) is 35.8 Å². The van der Waals surface area contributed by atoms with Gasteiger partial charge in [-0.1, -0.05) is 30.3 Å². The first-order valence-corrected chi connectivity index (χ1v) is 8.74. The first-order valence-electron chi connectivity index (χ1n) is 8.74. The summed E-state index contributed by atoms with van der Waals surface area (Å²) in [4.78, 5) is 27.7. The standard InChI is InChI=1S/C21H23NO5/c1-3-26-21(24)10-7-13-27-20-15-22-17(14-19(20)25-2)11-12-18(23)16-8-5-4-6-9-16/h4-6,8-9,11-12,14-15H,3,7,10,13H2,1-2H3/b12-11+. The second-order valence-electron chi connectivity index (χ2n) is 5.58. The minimum absolute atomic E-state index is 0.101. The smallest absolute Gasteiger partial charge is 0.305 e. The zero-order valence-corrected chi connectivity index (χ0v) is 15.5. The molecule has 1 aromatic heterocycles. The lowest BCUT2D eigenvalue weighted by Gasteiger charge is -2.10. The molecule has 6 nitrogen and oxygen atoms in total. The average molecular weight is 369 g/mol. The Morgan fingerprint density at radius 2 is 1.93 bits per heavy atom. The Bertz CT molecular complexity index is 786. The minimum atomic E-state index is -0.241. The summed E-state index contributed by atoms with van der Waals surface area (Å²) in [6.45, 7) is 2.49. The molecule has 27 heavy (non-hydrogen) atoms. The van der Waals surface area contributed by atoms with E-state index in [1.165, 1.54) is 19.4 Å². The maximum absolute atomic E-state index is 12.1. The largest absolute Gasteiger partial charge is 0.493 e. The maximum atomic E-state index is 12.1. The number of ether oxygens (including phenoxy) is 3. The van der Waals surface area contributed by atoms with Gasteiger partial charge in [0.15, 0.2) is 17.3 Å². The van der Waals surface area contributed by atoms with Crippen LogP contribution in [0.4, 0.5) is 0 Å². The van der Waals surface area contributed by atoms with Gasteiger partial charge in [0.25, 0.3) is 0 Å². The first-order chi connectivity index (χ1) is 13.1. The van der Waals surface area contributed by atoms with E-state index in [4.69, 9.17) is 14.2 Å². The third-order valence-corrected chi connectivity index (χ3v) is 3.62. The van der Waals surface area contributed by atoms with Crippen molar-refractivity contribution in [2.45, 2.75) is 19.8 Å². The van der Waals surface area contributed by atoms with Gasteiger partial charge in [-0.3, -0.25) is 14.6 Å². The van der Waals surface area contributed by atoms with Crippen LogP contribution in [0.5, 0.6) is 11.5 Å². The highest BCUT2D eigenvalue weighted by atomic mass is 16.5. The normalized spacial score (nSPS) is 10.6. The molecule has 0 aliphatic carbocycles. The van der Waals surface area contributed by atoms with Gasteiger partial charge in [-0.2, -0.15) is 0 Å². The highest BCUT2D eigenvalue weighted by Gasteiger charge is 2.08. The average Bonchev–Trinajstić information content (AvgIpc) is 2.70. The van der Waals surface area contributed by atoms with E-state index in [0.29, 0.717) is 48.8 Å². The highest BCUT2D eigenvalue weighted by molar-refractivity contribution is 6.06. The van der Waals surface area contributed by atoms with E-state index in [2.05, 4.69) is 4.98 Å². The van der Waals surface area contributed by atoms with E-state index in [1.807, 2.05) is 18.2 Å². The van der Waals surface area contributed by atoms with Crippen LogP contribution in [0, 0.1) is 0 Å². The molecule has 2 aromatic rings. The molecule has 0 atom stereocenters. The molecule has 0 saturated heterocycles. The lowest BCUT2D eigenvalue weighted by atomic mass is 10.1. The molecule has 6 heteroatoms. The van der Waals surface area contributed by atoms with Crippen molar-refractivity contribution < 1.29 is 23.8 Å². The first kappa shape index (κ1) is 20.2. The summed E-state index contributed by atoms with van der Waals surface area (Å²) in [6, 6.07) is 10.7. The summed E-state index contributed by atoms with van der Waals surface area (Å²) >= 11 is 0. The van der Waals surface area contributed by atoms with Gasteiger partial charge in [0.2, 0.25) is 0 Å². The van der Waals surface area contributed by atoms with Gasteiger partial charge in [-0.15, -0.1) is 0 Å². The van der Waals surface area contributed by atoms with Crippen LogP contribution >= 0.6 is 0 Å². The van der Waals surface area contributed by atoms with Crippen LogP contribution in [0.25, 0.3) is 6.08 Å². The Kier molecular flexibility index (Phi) is 8.03. The Morgan fingerprint density at radius 1 is 1.15 bits per heavy atom. The molecule has 0 amide bonds. The molecule has 1 aromatic carbocycles. The molecule has 0 unspecified atom stereocenters. The van der Waals surface area contributed by atoms with E-state index in [-0.39, 0.29) is 11.8 Å². The fraction of sp³-hybridized carbons (Fsp3) is 0.286. The molecule has 0 fully saturated rings. The number of allylic oxidation sites excluding steroid dienone is 1. The molecule has 1 heterocycles. The predicted octanol–water partition coefficient (Wildman–Crippen LogP) is 3.71. The summed E-state index contributed by atoms with van der Waals surface area (Å²) in [5, 5.41) is 0. The quantitative estimate of drug-likeness (QED) is 0.275. The molecule has 0 N–H and O–H groups in total. The van der Waals surface area contributed by atoms with E-state index < -0.39 is 0 Å². The molecule has 0 radical (unpaired) electrons. The van der Waals surface area contributed by atoms with Crippen LogP contribution in [0.2, 0.25) is 0 Å². The number of aromatic nitrogens is 1. The van der Waals surface area contributed by atoms with Crippen molar-refractivity contribution in [1.29, 1.82) is 0 Å². The number of esters is 1. The number of carbonyl (C=O) groups excluding carboxylic acids is 2. The van der Waals surface area contributed by atoms with Crippen molar-refractivity contribution in [2.24, 2.45) is 0 Å². The lowest BCUT2D eigenvalue weighted by Crippen LogP contribution is -2.07. The van der Waals surface area contributed by atoms with Crippen LogP contribution in [-0.4, -0.2) is 37.1 Å². The van der Waals surface area contributed by atoms with E-state index >= 15 is 0 Å². The molecule has 142 valence electrons. The number of rotatable bonds is 10. The van der Waals surface area contributed by atoms with Gasteiger partial charge in [0.1, 0.15) is 0 Å². The van der Waals surface area contributed by atoms with Gasteiger partial charge in [0.05, 0.1) is 32.2 Å². The third-order valence-electron chi connectivity index (χ3n) is 3.62. The molecular formula is C21H23NO5. The molecule has 0 aliphatic heterocycles. The van der Waals surface area contributed by atoms with Crippen molar-refractivity contribution in [2.75, 3.05) is 20.3 Å². The monoisotopic (exact) mass is 369 g/mol. The molecule has 0 bridgehead atoms. The van der Waals surface area contributed by atoms with Gasteiger partial charge in [-0.25, -0.2) is 0 Å². The molecule has 2 rings (SSSR count). The number of methoxy groups -OCH3 is 1. The van der Waals surface area contributed by atoms with Gasteiger partial charge in [0, 0.05) is 18.1 Å². The summed E-state index contributed by atoms with van der Waals surface area (Å²) in [5.74, 6) is 0.645. The zero-order chi connectivity index (χ0) is 19.5. The molecular weight excluding hydrogens is 346 g/mol. The fourth-order valence-corrected chi connectivity index (χ4v) is 2.29. The van der Waals surface area contributed by atoms with Gasteiger partial charge in [-0.05, 0) is 25.5 Å². The number of hydrogen-bond acceptors (Lipinski definition) is 6. The van der Waals surface area contributed by atoms with Crippen molar-refractivity contribution in [3.05, 3.63) is 59.9 Å². The van der Waals surface area contributed by atoms with Crippen LogP contribution in [-0.2, 0) is 9.53 Å². The Hall–Kier alpha value is -3.15. The summed E-state index contributed by atoms with van der Waals surface area (Å²) in [6.07, 6.45) is 5.47. The lowest BCUT2D eigenvalue weighted by molar-refractivity contribution is -0.143. The van der Waals surface area contributed by atoms with Crippen LogP contribution in [0.15, 0.2) is 48.7 Å². The zero-order valence-electron chi connectivity index (χ0n) is 15.5. The predicted molar refractivity (Wildman–Crippen MR) is 102 cm³/mol. The second-order valence-corrected chi connectivity index (χ2v) is 5.58. The topological polar surface area (TPSA) is 74.7 Å². The van der Waals surface area contributed by atoms with Gasteiger partial charge < -0.3 is 14.2 Å². The van der Waals surface area contributed by atoms with Gasteiger partial charge >= 0.3 is 5.97 Å². The SMILES string of the molecule is CCOC(=O)CCCOc1cnc(/C=C/C(=O)c2ccccc2)cc1OC. The van der Waals surface area contributed by atoms with Crippen molar-refractivity contribution in [3.8, 4) is 11.5 Å². The van der Waals surface area contributed by atoms with Crippen LogP contribution in [0.3, 0.4) is 0 Å². The Balaban J connectivity index is 1.94. The Labute approximate surface area is 158 Å². The fourth-order valence-electron chi connectivity index (χ4n) is 2.29. The number of pyridine rings is 1. The molecule has 0 aliphatic rings. The van der Waals surface area contributed by atoms with E-state index in [9.17, 15) is 9.59 Å². The number of benzene rings is 1. The molecule has 0 spiro atoms. The molecule has 0 saturated carbocycles. The van der Waals surface area contributed by atoms with Crippen molar-refractivity contribution >= 4 is 17.8 Å². The summed E-state index contributed by atoms with van der Waals surface area (Å²) in [5.41, 5.74) is 1.19. The van der Waals surface area contributed by atoms with Crippen LogP contribution < -0.4 is 9.47 Å². The number of hydrogen-bond donors (Lipinski definition) is 0. The van der Waals surface area contributed by atoms with Crippen molar-refractivity contribution in [3.63, 3.8) is 0 Å². The maximum Gasteiger partial charge on any atom is 0.305 e. The number of carbonyl (C=O) groups is 2. The van der Waals surface area contributed by atoms with E-state index in [0.717, 1.165) is 0 Å². The summed E-state index contributed by atoms with van der Waals surface area (Å²) in [7, 11) is 1.53. The second kappa shape index (κ2) is 10.8. The summed E-state index contributed by atoms with van der Waals surface area (Å²) < 4.78 is 15.8. The van der Waals surface area contributed by atoms with Crippen molar-refractivity contribution in [1.82, 2.24) is 4.98 Å². The third kappa shape index (κ3) is 6.58. The van der Waals surface area contributed by atoms with E-state index in [1.54, 1.807) is 31.2 Å². The Morgan fingerprint density at radius 3 is 2.63 bits per heavy atom.